The van der Waals surface area contributed by atoms with Gasteiger partial charge in [-0.2, -0.15) is 0 Å². The fourth-order valence-corrected chi connectivity index (χ4v) is 4.93. The largest absolute Gasteiger partial charge is 0.425 e. The summed E-state index contributed by atoms with van der Waals surface area (Å²) in [4.78, 5) is 45.0. The van der Waals surface area contributed by atoms with E-state index in [0.717, 1.165) is 5.56 Å². The summed E-state index contributed by atoms with van der Waals surface area (Å²) in [5, 5.41) is 8.73. The molecular weight excluding hydrogens is 626 g/mol. The predicted octanol–water partition coefficient (Wildman–Crippen LogP) is 4.58. The summed E-state index contributed by atoms with van der Waals surface area (Å²) in [7, 11) is 0. The Morgan fingerprint density at radius 1 is 0.898 bits per heavy atom. The van der Waals surface area contributed by atoms with Gasteiger partial charge in [-0.1, -0.05) is 78.9 Å². The van der Waals surface area contributed by atoms with E-state index in [1.807, 2.05) is 87.5 Å². The lowest BCUT2D eigenvalue weighted by Crippen LogP contribution is -2.59. The van der Waals surface area contributed by atoms with E-state index in [9.17, 15) is 14.4 Å². The van der Waals surface area contributed by atoms with E-state index in [1.165, 1.54) is 12.5 Å². The number of amides is 2. The van der Waals surface area contributed by atoms with Gasteiger partial charge in [0.2, 0.25) is 5.91 Å². The van der Waals surface area contributed by atoms with Gasteiger partial charge in [0.1, 0.15) is 11.8 Å². The number of para-hydroxylation sites is 1. The number of benzene rings is 3. The highest BCUT2D eigenvalue weighted by atomic mass is 16.8. The first-order chi connectivity index (χ1) is 23.4. The molecule has 3 unspecified atom stereocenters. The van der Waals surface area contributed by atoms with Crippen LogP contribution in [0.2, 0.25) is 0 Å². The summed E-state index contributed by atoms with van der Waals surface area (Å²) in [5.74, 6) is -0.955. The summed E-state index contributed by atoms with van der Waals surface area (Å²) in [5.41, 5.74) is 0.0483. The molecule has 258 valence electrons. The lowest BCUT2D eigenvalue weighted by atomic mass is 10.0. The topological polar surface area (TPSA) is 145 Å². The SMILES string of the molecule is CC(C)(C)OC1OC1NC(C)(C)C(=O)N[C@H](COCc1ccccc1)C(=O)Nc1cn(C(C(=O)Oc2ccccc2)c2ccccc2)cn1. The summed E-state index contributed by atoms with van der Waals surface area (Å²) in [6.07, 6.45) is 2.02. The Labute approximate surface area is 286 Å². The zero-order valence-corrected chi connectivity index (χ0v) is 28.3. The second-order valence-electron chi connectivity index (χ2n) is 13.2. The molecule has 5 rings (SSSR count). The highest BCUT2D eigenvalue weighted by Crippen LogP contribution is 2.28. The highest BCUT2D eigenvalue weighted by molar-refractivity contribution is 5.98. The van der Waals surface area contributed by atoms with Gasteiger partial charge in [-0.25, -0.2) is 9.78 Å². The molecule has 4 atom stereocenters. The number of rotatable bonds is 15. The number of nitrogens with one attached hydrogen (secondary N) is 3. The molecule has 1 aromatic heterocycles. The van der Waals surface area contributed by atoms with Gasteiger partial charge in [-0.05, 0) is 57.9 Å². The summed E-state index contributed by atoms with van der Waals surface area (Å²) >= 11 is 0. The number of imidazole rings is 1. The molecule has 3 N–H and O–H groups in total. The smallest absolute Gasteiger partial charge is 0.339 e. The van der Waals surface area contributed by atoms with Crippen LogP contribution in [0.4, 0.5) is 5.82 Å². The van der Waals surface area contributed by atoms with Crippen molar-refractivity contribution in [3.8, 4) is 5.75 Å². The van der Waals surface area contributed by atoms with Gasteiger partial charge in [0.05, 0.1) is 30.7 Å². The highest BCUT2D eigenvalue weighted by Gasteiger charge is 2.47. The van der Waals surface area contributed by atoms with Crippen molar-refractivity contribution in [1.29, 1.82) is 0 Å². The molecule has 49 heavy (non-hydrogen) atoms. The third-order valence-corrected chi connectivity index (χ3v) is 7.46. The van der Waals surface area contributed by atoms with Crippen molar-refractivity contribution in [3.63, 3.8) is 0 Å². The Balaban J connectivity index is 1.29. The second kappa shape index (κ2) is 15.6. The average Bonchev–Trinajstić information content (AvgIpc) is 3.59. The van der Waals surface area contributed by atoms with Crippen LogP contribution in [0.5, 0.6) is 5.75 Å². The zero-order chi connectivity index (χ0) is 35.0. The third kappa shape index (κ3) is 10.3. The van der Waals surface area contributed by atoms with E-state index in [4.69, 9.17) is 18.9 Å². The van der Waals surface area contributed by atoms with Crippen molar-refractivity contribution in [3.05, 3.63) is 115 Å². The number of esters is 1. The fraction of sp³-hybridized carbons (Fsp3) is 0.351. The van der Waals surface area contributed by atoms with Crippen LogP contribution in [-0.2, 0) is 35.2 Å². The van der Waals surface area contributed by atoms with E-state index < -0.39 is 53.5 Å². The Kier molecular flexibility index (Phi) is 11.2. The third-order valence-electron chi connectivity index (χ3n) is 7.46. The second-order valence-corrected chi connectivity index (χ2v) is 13.2. The minimum absolute atomic E-state index is 0.116. The van der Waals surface area contributed by atoms with Crippen LogP contribution in [0, 0.1) is 0 Å². The van der Waals surface area contributed by atoms with Gasteiger partial charge in [0.15, 0.2) is 24.4 Å². The molecule has 0 aliphatic carbocycles. The molecule has 1 aliphatic rings. The van der Waals surface area contributed by atoms with Crippen LogP contribution in [0.15, 0.2) is 104 Å². The van der Waals surface area contributed by atoms with Crippen molar-refractivity contribution in [2.75, 3.05) is 11.9 Å². The molecule has 1 aliphatic heterocycles. The standard InChI is InChI=1S/C37H43N5O7/c1-36(2,3)49-34-32(48-34)41-37(4,5)35(45)39-28(23-46-22-25-15-9-6-10-16-25)31(43)40-29-21-42(24-38-29)30(26-17-11-7-12-18-26)33(44)47-27-19-13-8-14-20-27/h6-21,24,28,30,32,34,41H,22-23H2,1-5H3,(H,39,45)(H,40,43)/t28-,30?,32?,34?/m1/s1. The predicted molar refractivity (Wildman–Crippen MR) is 182 cm³/mol. The molecule has 4 aromatic rings. The Bertz CT molecular complexity index is 1690. The number of epoxide rings is 1. The van der Waals surface area contributed by atoms with Gasteiger partial charge in [0.25, 0.3) is 5.91 Å². The van der Waals surface area contributed by atoms with E-state index in [2.05, 4.69) is 20.9 Å². The number of carbonyl (C=O) groups is 3. The van der Waals surface area contributed by atoms with Gasteiger partial charge >= 0.3 is 5.97 Å². The Morgan fingerprint density at radius 3 is 2.18 bits per heavy atom. The molecule has 3 aromatic carbocycles. The van der Waals surface area contributed by atoms with E-state index in [1.54, 1.807) is 42.7 Å². The molecular formula is C37H43N5O7. The molecule has 0 radical (unpaired) electrons. The average molecular weight is 670 g/mol. The number of aromatic nitrogens is 2. The maximum Gasteiger partial charge on any atom is 0.339 e. The quantitative estimate of drug-likeness (QED) is 0.0941. The first kappa shape index (κ1) is 35.4. The maximum atomic E-state index is 13.7. The van der Waals surface area contributed by atoms with Crippen molar-refractivity contribution in [2.24, 2.45) is 0 Å². The van der Waals surface area contributed by atoms with Crippen LogP contribution in [0.1, 0.15) is 51.8 Å². The maximum absolute atomic E-state index is 13.7. The number of ether oxygens (including phenoxy) is 4. The summed E-state index contributed by atoms with van der Waals surface area (Å²) in [6, 6.07) is 25.4. The number of nitrogens with zero attached hydrogens (tertiary/aromatic N) is 2. The Morgan fingerprint density at radius 2 is 1.53 bits per heavy atom. The lowest BCUT2D eigenvalue weighted by molar-refractivity contribution is -0.136. The van der Waals surface area contributed by atoms with Gasteiger partial charge < -0.3 is 34.1 Å². The van der Waals surface area contributed by atoms with Crippen molar-refractivity contribution >= 4 is 23.6 Å². The first-order valence-corrected chi connectivity index (χ1v) is 16.1. The molecule has 12 heteroatoms. The minimum Gasteiger partial charge on any atom is -0.425 e. The first-order valence-electron chi connectivity index (χ1n) is 16.1. The van der Waals surface area contributed by atoms with Crippen LogP contribution < -0.4 is 20.7 Å². The van der Waals surface area contributed by atoms with E-state index in [0.29, 0.717) is 11.3 Å². The molecule has 2 amide bonds. The number of hydrogen-bond acceptors (Lipinski definition) is 9. The van der Waals surface area contributed by atoms with E-state index >= 15 is 0 Å². The fourth-order valence-electron chi connectivity index (χ4n) is 4.93. The number of hydrogen-bond donors (Lipinski definition) is 3. The van der Waals surface area contributed by atoms with Crippen LogP contribution in [-0.4, -0.2) is 63.6 Å². The Hall–Kier alpha value is -4.88. The molecule has 2 heterocycles. The van der Waals surface area contributed by atoms with Crippen molar-refractivity contribution in [2.45, 2.75) is 77.0 Å². The number of anilines is 1. The molecule has 12 nitrogen and oxygen atoms in total. The van der Waals surface area contributed by atoms with Crippen LogP contribution in [0.25, 0.3) is 0 Å². The van der Waals surface area contributed by atoms with Crippen LogP contribution >= 0.6 is 0 Å². The normalized spacial score (nSPS) is 17.1. The molecule has 0 bridgehead atoms. The van der Waals surface area contributed by atoms with Crippen LogP contribution in [0.3, 0.4) is 0 Å². The van der Waals surface area contributed by atoms with Crippen molar-refractivity contribution in [1.82, 2.24) is 20.2 Å². The molecule has 1 fully saturated rings. The minimum atomic E-state index is -1.12. The molecule has 1 saturated heterocycles. The summed E-state index contributed by atoms with van der Waals surface area (Å²) in [6.45, 7) is 9.27. The lowest BCUT2D eigenvalue weighted by Gasteiger charge is -2.27. The van der Waals surface area contributed by atoms with E-state index in [-0.39, 0.29) is 19.0 Å². The van der Waals surface area contributed by atoms with Crippen molar-refractivity contribution < 1.29 is 33.3 Å². The molecule has 0 saturated carbocycles. The van der Waals surface area contributed by atoms with Gasteiger partial charge in [-0.15, -0.1) is 0 Å². The molecule has 0 spiro atoms. The zero-order valence-electron chi connectivity index (χ0n) is 28.3. The summed E-state index contributed by atoms with van der Waals surface area (Å²) < 4.78 is 24.5. The number of carbonyl (C=O) groups excluding carboxylic acids is 3. The van der Waals surface area contributed by atoms with Gasteiger partial charge in [-0.3, -0.25) is 14.9 Å². The monoisotopic (exact) mass is 669 g/mol. The van der Waals surface area contributed by atoms with Gasteiger partial charge in [0, 0.05) is 6.20 Å².